The van der Waals surface area contributed by atoms with Crippen molar-refractivity contribution in [2.24, 2.45) is 0 Å². The number of amides is 1. The smallest absolute Gasteiger partial charge is 0.250 e. The average molecular weight is 348 g/mol. The second-order valence-corrected chi connectivity index (χ2v) is 7.81. The molecule has 6 nitrogen and oxygen atoms in total. The molecule has 8 heteroatoms. The van der Waals surface area contributed by atoms with E-state index < -0.39 is 9.84 Å². The van der Waals surface area contributed by atoms with Gasteiger partial charge in [-0.15, -0.1) is 0 Å². The highest BCUT2D eigenvalue weighted by Crippen LogP contribution is 2.28. The number of hydrogen-bond acceptors (Lipinski definition) is 6. The summed E-state index contributed by atoms with van der Waals surface area (Å²) < 4.78 is 28.9. The molecule has 0 fully saturated rings. The van der Waals surface area contributed by atoms with Crippen LogP contribution in [0.4, 0.5) is 5.13 Å². The molecule has 0 aliphatic carbocycles. The lowest BCUT2D eigenvalue weighted by Crippen LogP contribution is -2.07. The molecule has 1 amide bonds. The van der Waals surface area contributed by atoms with Gasteiger partial charge in [0.05, 0.1) is 21.4 Å². The highest BCUT2D eigenvalue weighted by Gasteiger charge is 2.11. The molecule has 23 heavy (non-hydrogen) atoms. The number of carbonyl (C=O) groups excluding carboxylic acids is 1. The van der Waals surface area contributed by atoms with Crippen molar-refractivity contribution in [1.29, 1.82) is 0 Å². The van der Waals surface area contributed by atoms with Crippen molar-refractivity contribution in [2.75, 3.05) is 11.6 Å². The lowest BCUT2D eigenvalue weighted by atomic mass is 10.3. The van der Waals surface area contributed by atoms with Crippen molar-refractivity contribution in [1.82, 2.24) is 4.98 Å². The molecule has 0 aliphatic rings. The fraction of sp³-hybridized carbons (Fsp3) is 0.0667. The number of furan rings is 1. The van der Waals surface area contributed by atoms with Gasteiger partial charge in [0.2, 0.25) is 5.91 Å². The molecule has 0 saturated carbocycles. The molecule has 0 radical (unpaired) electrons. The normalized spacial score (nSPS) is 12.0. The second-order valence-electron chi connectivity index (χ2n) is 4.76. The third-order valence-corrected chi connectivity index (χ3v) is 5.00. The summed E-state index contributed by atoms with van der Waals surface area (Å²) in [6, 6.07) is 8.13. The first-order valence-corrected chi connectivity index (χ1v) is 9.26. The summed E-state index contributed by atoms with van der Waals surface area (Å²) in [5, 5.41) is 3.05. The standard InChI is InChI=1S/C15H12N2O4S2/c1-23(19,20)11-5-6-12-13(9-11)22-15(16-12)17-14(18)7-4-10-3-2-8-21-10/h2-9H,1H3,(H,16,17,18)/b7-4+. The van der Waals surface area contributed by atoms with Gasteiger partial charge in [0, 0.05) is 12.3 Å². The first kappa shape index (κ1) is 15.4. The predicted molar refractivity (Wildman–Crippen MR) is 89.1 cm³/mol. The third-order valence-electron chi connectivity index (χ3n) is 2.96. The molecule has 0 bridgehead atoms. The van der Waals surface area contributed by atoms with Crippen molar-refractivity contribution in [3.05, 3.63) is 48.4 Å². The molecule has 2 aromatic heterocycles. The van der Waals surface area contributed by atoms with E-state index in [1.165, 1.54) is 29.7 Å². The molecule has 2 heterocycles. The van der Waals surface area contributed by atoms with Gasteiger partial charge in [0.25, 0.3) is 0 Å². The molecule has 0 spiro atoms. The minimum Gasteiger partial charge on any atom is -0.465 e. The van der Waals surface area contributed by atoms with E-state index in [-0.39, 0.29) is 10.8 Å². The summed E-state index contributed by atoms with van der Waals surface area (Å²) in [7, 11) is -3.27. The molecule has 118 valence electrons. The van der Waals surface area contributed by atoms with Gasteiger partial charge in [-0.1, -0.05) is 11.3 Å². The van der Waals surface area contributed by atoms with Crippen molar-refractivity contribution in [3.8, 4) is 0 Å². The molecule has 1 aromatic carbocycles. The lowest BCUT2D eigenvalue weighted by Gasteiger charge is -1.96. The number of sulfone groups is 1. The topological polar surface area (TPSA) is 89.3 Å². The maximum Gasteiger partial charge on any atom is 0.250 e. The maximum atomic E-state index is 11.8. The van der Waals surface area contributed by atoms with Crippen LogP contribution < -0.4 is 5.32 Å². The Labute approximate surface area is 136 Å². The summed E-state index contributed by atoms with van der Waals surface area (Å²) >= 11 is 1.21. The Hall–Kier alpha value is -2.45. The zero-order chi connectivity index (χ0) is 16.4. The fourth-order valence-corrected chi connectivity index (χ4v) is 3.51. The van der Waals surface area contributed by atoms with Crippen LogP contribution in [0.2, 0.25) is 0 Å². The van der Waals surface area contributed by atoms with Crippen LogP contribution in [0, 0.1) is 0 Å². The highest BCUT2D eigenvalue weighted by atomic mass is 32.2. The van der Waals surface area contributed by atoms with Crippen LogP contribution in [-0.4, -0.2) is 25.6 Å². The summed E-state index contributed by atoms with van der Waals surface area (Å²) in [6.45, 7) is 0. The second kappa shape index (κ2) is 5.98. The van der Waals surface area contributed by atoms with Gasteiger partial charge in [-0.3, -0.25) is 10.1 Å². The van der Waals surface area contributed by atoms with Gasteiger partial charge < -0.3 is 4.42 Å². The molecular formula is C15H12N2O4S2. The van der Waals surface area contributed by atoms with Gasteiger partial charge in [-0.25, -0.2) is 13.4 Å². The number of nitrogens with zero attached hydrogens (tertiary/aromatic N) is 1. The summed E-state index contributed by atoms with van der Waals surface area (Å²) in [4.78, 5) is 16.3. The first-order chi connectivity index (χ1) is 10.9. The van der Waals surface area contributed by atoms with Gasteiger partial charge in [0.1, 0.15) is 5.76 Å². The highest BCUT2D eigenvalue weighted by molar-refractivity contribution is 7.90. The Kier molecular flexibility index (Phi) is 4.01. The van der Waals surface area contributed by atoms with Crippen LogP contribution in [0.3, 0.4) is 0 Å². The molecule has 0 unspecified atom stereocenters. The Balaban J connectivity index is 1.79. The molecule has 3 aromatic rings. The van der Waals surface area contributed by atoms with E-state index >= 15 is 0 Å². The summed E-state index contributed by atoms with van der Waals surface area (Å²) in [5.74, 6) is 0.228. The van der Waals surface area contributed by atoms with E-state index in [1.807, 2.05) is 0 Å². The number of thiazole rings is 1. The number of nitrogens with one attached hydrogen (secondary N) is 1. The zero-order valence-electron chi connectivity index (χ0n) is 12.0. The van der Waals surface area contributed by atoms with Crippen LogP contribution in [0.15, 0.2) is 52.0 Å². The summed E-state index contributed by atoms with van der Waals surface area (Å²) in [6.07, 6.45) is 5.55. The minimum absolute atomic E-state index is 0.226. The van der Waals surface area contributed by atoms with Gasteiger partial charge >= 0.3 is 0 Å². The maximum absolute atomic E-state index is 11.8. The number of aromatic nitrogens is 1. The van der Waals surface area contributed by atoms with E-state index in [4.69, 9.17) is 4.42 Å². The molecule has 0 aliphatic heterocycles. The van der Waals surface area contributed by atoms with Crippen LogP contribution in [-0.2, 0) is 14.6 Å². The number of hydrogen-bond donors (Lipinski definition) is 1. The number of carbonyl (C=O) groups is 1. The average Bonchev–Trinajstić information content (AvgIpc) is 3.12. The number of fused-ring (bicyclic) bond motifs is 1. The van der Waals surface area contributed by atoms with Crippen LogP contribution in [0.25, 0.3) is 16.3 Å². The van der Waals surface area contributed by atoms with E-state index in [9.17, 15) is 13.2 Å². The quantitative estimate of drug-likeness (QED) is 0.732. The monoisotopic (exact) mass is 348 g/mol. The van der Waals surface area contributed by atoms with E-state index in [1.54, 1.807) is 30.3 Å². The van der Waals surface area contributed by atoms with Crippen molar-refractivity contribution in [3.63, 3.8) is 0 Å². The van der Waals surface area contributed by atoms with Crippen molar-refractivity contribution < 1.29 is 17.6 Å². The first-order valence-electron chi connectivity index (χ1n) is 6.55. The Morgan fingerprint density at radius 3 is 2.87 bits per heavy atom. The molecule has 0 saturated heterocycles. The number of benzene rings is 1. The third kappa shape index (κ3) is 3.66. The van der Waals surface area contributed by atoms with Crippen LogP contribution in [0.1, 0.15) is 5.76 Å². The van der Waals surface area contributed by atoms with Crippen molar-refractivity contribution >= 4 is 48.5 Å². The SMILES string of the molecule is CS(=O)(=O)c1ccc2nc(NC(=O)/C=C/c3ccco3)sc2c1. The van der Waals surface area contributed by atoms with Gasteiger partial charge in [-0.2, -0.15) is 0 Å². The zero-order valence-corrected chi connectivity index (χ0v) is 13.6. The van der Waals surface area contributed by atoms with E-state index in [2.05, 4.69) is 10.3 Å². The number of rotatable bonds is 4. The van der Waals surface area contributed by atoms with E-state index in [0.717, 1.165) is 6.26 Å². The molecular weight excluding hydrogens is 336 g/mol. The van der Waals surface area contributed by atoms with E-state index in [0.29, 0.717) is 21.1 Å². The lowest BCUT2D eigenvalue weighted by molar-refractivity contribution is -0.111. The fourth-order valence-electron chi connectivity index (χ4n) is 1.88. The van der Waals surface area contributed by atoms with Gasteiger partial charge in [0.15, 0.2) is 15.0 Å². The largest absolute Gasteiger partial charge is 0.465 e. The molecule has 1 N–H and O–H groups in total. The van der Waals surface area contributed by atoms with Crippen LogP contribution in [0.5, 0.6) is 0 Å². The minimum atomic E-state index is -3.27. The van der Waals surface area contributed by atoms with Gasteiger partial charge in [-0.05, 0) is 36.4 Å². The Bertz CT molecular complexity index is 986. The number of anilines is 1. The summed E-state index contributed by atoms with van der Waals surface area (Å²) in [5.41, 5.74) is 0.632. The predicted octanol–water partition coefficient (Wildman–Crippen LogP) is 2.94. The molecule has 3 rings (SSSR count). The molecule has 0 atom stereocenters. The Morgan fingerprint density at radius 2 is 2.17 bits per heavy atom. The van der Waals surface area contributed by atoms with Crippen LogP contribution >= 0.6 is 11.3 Å². The Morgan fingerprint density at radius 1 is 1.35 bits per heavy atom. The van der Waals surface area contributed by atoms with Crippen molar-refractivity contribution in [2.45, 2.75) is 4.90 Å².